The maximum absolute atomic E-state index is 5.52. The lowest BCUT2D eigenvalue weighted by molar-refractivity contribution is 0.332. The molecule has 1 aliphatic rings. The Morgan fingerprint density at radius 2 is 2.15 bits per heavy atom. The normalized spacial score (nSPS) is 26.8. The van der Waals surface area contributed by atoms with Gasteiger partial charge < -0.3 is 9.32 Å². The Kier molecular flexibility index (Phi) is 2.07. The average Bonchev–Trinajstić information content (AvgIpc) is 2.60. The third-order valence-corrected chi connectivity index (χ3v) is 2.36. The molecule has 0 radical (unpaired) electrons. The van der Waals surface area contributed by atoms with Crippen LogP contribution < -0.4 is 0 Å². The maximum Gasteiger partial charge on any atom is 0.230 e. The van der Waals surface area contributed by atoms with Crippen LogP contribution in [0.15, 0.2) is 4.42 Å². The molecule has 0 saturated heterocycles. The van der Waals surface area contributed by atoms with E-state index in [4.69, 9.17) is 4.42 Å². The second kappa shape index (κ2) is 3.10. The van der Waals surface area contributed by atoms with Gasteiger partial charge in [0.2, 0.25) is 11.8 Å². The first-order valence-corrected chi connectivity index (χ1v) is 4.64. The Labute approximate surface area is 77.9 Å². The Balaban J connectivity index is 2.01. The molecule has 4 nitrogen and oxygen atoms in total. The molecule has 1 fully saturated rings. The Morgan fingerprint density at radius 3 is 2.69 bits per heavy atom. The Hall–Kier alpha value is -0.900. The van der Waals surface area contributed by atoms with Crippen molar-refractivity contribution in [3.05, 3.63) is 11.8 Å². The van der Waals surface area contributed by atoms with E-state index in [1.807, 2.05) is 19.0 Å². The van der Waals surface area contributed by atoms with E-state index < -0.39 is 0 Å². The van der Waals surface area contributed by atoms with E-state index in [2.05, 4.69) is 17.1 Å². The number of hydrogen-bond acceptors (Lipinski definition) is 4. The van der Waals surface area contributed by atoms with Gasteiger partial charge in [-0.25, -0.2) is 0 Å². The minimum Gasteiger partial charge on any atom is -0.424 e. The van der Waals surface area contributed by atoms with Crippen LogP contribution in [0.3, 0.4) is 0 Å². The van der Waals surface area contributed by atoms with Gasteiger partial charge in [-0.15, -0.1) is 10.2 Å². The van der Waals surface area contributed by atoms with Crippen LogP contribution in [-0.2, 0) is 6.54 Å². The molecule has 1 aromatic rings. The van der Waals surface area contributed by atoms with Crippen molar-refractivity contribution in [2.75, 3.05) is 14.1 Å². The first kappa shape index (κ1) is 8.69. The summed E-state index contributed by atoms with van der Waals surface area (Å²) in [6, 6.07) is 0. The van der Waals surface area contributed by atoms with Crippen LogP contribution in [0.4, 0.5) is 0 Å². The van der Waals surface area contributed by atoms with Crippen LogP contribution >= 0.6 is 0 Å². The van der Waals surface area contributed by atoms with Gasteiger partial charge in [0.25, 0.3) is 0 Å². The highest BCUT2D eigenvalue weighted by molar-refractivity contribution is 5.04. The van der Waals surface area contributed by atoms with E-state index in [9.17, 15) is 0 Å². The highest BCUT2D eigenvalue weighted by atomic mass is 16.4. The smallest absolute Gasteiger partial charge is 0.230 e. The molecule has 2 atom stereocenters. The molecule has 2 rings (SSSR count). The number of rotatable bonds is 3. The van der Waals surface area contributed by atoms with E-state index in [0.717, 1.165) is 24.2 Å². The number of aromatic nitrogens is 2. The van der Waals surface area contributed by atoms with Gasteiger partial charge in [0.1, 0.15) is 0 Å². The molecule has 0 bridgehead atoms. The summed E-state index contributed by atoms with van der Waals surface area (Å²) in [6.45, 7) is 2.94. The van der Waals surface area contributed by atoms with E-state index in [-0.39, 0.29) is 0 Å². The van der Waals surface area contributed by atoms with Crippen molar-refractivity contribution in [2.45, 2.75) is 25.8 Å². The van der Waals surface area contributed by atoms with Crippen molar-refractivity contribution in [3.63, 3.8) is 0 Å². The molecule has 1 aromatic heterocycles. The predicted molar refractivity (Wildman–Crippen MR) is 48.2 cm³/mol. The predicted octanol–water partition coefficient (Wildman–Crippen LogP) is 1.25. The van der Waals surface area contributed by atoms with Gasteiger partial charge in [0.05, 0.1) is 6.54 Å². The minimum absolute atomic E-state index is 0.531. The van der Waals surface area contributed by atoms with Gasteiger partial charge >= 0.3 is 0 Å². The van der Waals surface area contributed by atoms with Crippen LogP contribution in [0, 0.1) is 5.92 Å². The number of nitrogens with zero attached hydrogens (tertiary/aromatic N) is 3. The van der Waals surface area contributed by atoms with Crippen LogP contribution in [0.2, 0.25) is 0 Å². The first-order valence-electron chi connectivity index (χ1n) is 4.64. The summed E-state index contributed by atoms with van der Waals surface area (Å²) >= 11 is 0. The van der Waals surface area contributed by atoms with Crippen molar-refractivity contribution in [3.8, 4) is 0 Å². The van der Waals surface area contributed by atoms with Crippen LogP contribution in [0.5, 0.6) is 0 Å². The average molecular weight is 181 g/mol. The summed E-state index contributed by atoms with van der Waals surface area (Å²) in [5, 5.41) is 8.03. The molecule has 0 N–H and O–H groups in total. The summed E-state index contributed by atoms with van der Waals surface area (Å²) in [4.78, 5) is 2.02. The summed E-state index contributed by atoms with van der Waals surface area (Å²) in [5.41, 5.74) is 0. The molecule has 0 amide bonds. The van der Waals surface area contributed by atoms with Crippen LogP contribution in [0.25, 0.3) is 0 Å². The van der Waals surface area contributed by atoms with Gasteiger partial charge in [-0.1, -0.05) is 6.92 Å². The van der Waals surface area contributed by atoms with E-state index >= 15 is 0 Å². The standard InChI is InChI=1S/C9H15N3O/c1-6-4-7(6)9-11-10-8(13-9)5-12(2)3/h6-7H,4-5H2,1-3H3. The Morgan fingerprint density at radius 1 is 1.46 bits per heavy atom. The fraction of sp³-hybridized carbons (Fsp3) is 0.778. The van der Waals surface area contributed by atoms with E-state index in [0.29, 0.717) is 5.92 Å². The molecule has 1 saturated carbocycles. The minimum atomic E-state index is 0.531. The largest absolute Gasteiger partial charge is 0.424 e. The SMILES string of the molecule is CC1CC1c1nnc(CN(C)C)o1. The lowest BCUT2D eigenvalue weighted by atomic mass is 10.3. The molecule has 1 heterocycles. The van der Waals surface area contributed by atoms with Crippen LogP contribution in [0.1, 0.15) is 31.0 Å². The van der Waals surface area contributed by atoms with E-state index in [1.165, 1.54) is 6.42 Å². The molecule has 0 aliphatic heterocycles. The fourth-order valence-corrected chi connectivity index (χ4v) is 1.42. The van der Waals surface area contributed by atoms with Gasteiger partial charge in [0.15, 0.2) is 0 Å². The van der Waals surface area contributed by atoms with Crippen molar-refractivity contribution in [1.29, 1.82) is 0 Å². The summed E-state index contributed by atoms with van der Waals surface area (Å²) < 4.78 is 5.52. The molecule has 2 unspecified atom stereocenters. The van der Waals surface area contributed by atoms with Crippen LogP contribution in [-0.4, -0.2) is 29.2 Å². The second-order valence-electron chi connectivity index (χ2n) is 4.09. The van der Waals surface area contributed by atoms with E-state index in [1.54, 1.807) is 0 Å². The molecular weight excluding hydrogens is 166 g/mol. The van der Waals surface area contributed by atoms with Crippen molar-refractivity contribution in [2.24, 2.45) is 5.92 Å². The van der Waals surface area contributed by atoms with Crippen molar-refractivity contribution >= 4 is 0 Å². The topological polar surface area (TPSA) is 42.2 Å². The zero-order valence-corrected chi connectivity index (χ0v) is 8.32. The van der Waals surface area contributed by atoms with Gasteiger partial charge in [0, 0.05) is 5.92 Å². The third-order valence-electron chi connectivity index (χ3n) is 2.36. The lowest BCUT2D eigenvalue weighted by Crippen LogP contribution is -2.10. The van der Waals surface area contributed by atoms with Crippen molar-refractivity contribution < 1.29 is 4.42 Å². The molecule has 4 heteroatoms. The van der Waals surface area contributed by atoms with Gasteiger partial charge in [-0.3, -0.25) is 0 Å². The molecule has 0 aromatic carbocycles. The maximum atomic E-state index is 5.52. The molecule has 1 aliphatic carbocycles. The Bertz CT molecular complexity index is 295. The van der Waals surface area contributed by atoms with Gasteiger partial charge in [-0.05, 0) is 26.4 Å². The third kappa shape index (κ3) is 1.88. The quantitative estimate of drug-likeness (QED) is 0.704. The summed E-state index contributed by atoms with van der Waals surface area (Å²) in [7, 11) is 3.98. The molecule has 72 valence electrons. The lowest BCUT2D eigenvalue weighted by Gasteiger charge is -2.03. The number of hydrogen-bond donors (Lipinski definition) is 0. The van der Waals surface area contributed by atoms with Crippen molar-refractivity contribution in [1.82, 2.24) is 15.1 Å². The summed E-state index contributed by atoms with van der Waals surface area (Å²) in [5.74, 6) is 2.81. The second-order valence-corrected chi connectivity index (χ2v) is 4.09. The first-order chi connectivity index (χ1) is 6.16. The van der Waals surface area contributed by atoms with Gasteiger partial charge in [-0.2, -0.15) is 0 Å². The molecule has 0 spiro atoms. The zero-order valence-electron chi connectivity index (χ0n) is 8.32. The molecule has 13 heavy (non-hydrogen) atoms. The summed E-state index contributed by atoms with van der Waals surface area (Å²) in [6.07, 6.45) is 1.20. The zero-order chi connectivity index (χ0) is 9.42. The highest BCUT2D eigenvalue weighted by Crippen LogP contribution is 2.46. The fourth-order valence-electron chi connectivity index (χ4n) is 1.42. The monoisotopic (exact) mass is 181 g/mol. The molecular formula is C9H15N3O. The highest BCUT2D eigenvalue weighted by Gasteiger charge is 2.38.